The smallest absolute Gasteiger partial charge is 0.00683 e. The van der Waals surface area contributed by atoms with Crippen molar-refractivity contribution >= 4 is 0 Å². The summed E-state index contributed by atoms with van der Waals surface area (Å²) in [6, 6.07) is 0.898. The molecule has 3 atom stereocenters. The van der Waals surface area contributed by atoms with Crippen LogP contribution in [-0.4, -0.2) is 12.6 Å². The molecular formula is C17H31N. The third-order valence-corrected chi connectivity index (χ3v) is 6.03. The van der Waals surface area contributed by atoms with Crippen molar-refractivity contribution in [1.82, 2.24) is 5.32 Å². The van der Waals surface area contributed by atoms with E-state index in [0.717, 1.165) is 35.6 Å². The molecule has 104 valence electrons. The molecule has 1 nitrogen and oxygen atoms in total. The van der Waals surface area contributed by atoms with Gasteiger partial charge in [-0.15, -0.1) is 0 Å². The maximum Gasteiger partial charge on any atom is 0.00683 e. The number of nitrogens with one attached hydrogen (secondary N) is 1. The molecule has 0 aromatic heterocycles. The van der Waals surface area contributed by atoms with E-state index in [1.54, 1.807) is 6.42 Å². The van der Waals surface area contributed by atoms with Gasteiger partial charge in [0.1, 0.15) is 0 Å². The van der Waals surface area contributed by atoms with E-state index in [0.29, 0.717) is 0 Å². The zero-order chi connectivity index (χ0) is 12.5. The molecule has 3 rings (SSSR count). The number of hydrogen-bond acceptors (Lipinski definition) is 1. The average Bonchev–Trinajstić information content (AvgIpc) is 3.08. The van der Waals surface area contributed by atoms with Crippen molar-refractivity contribution in [2.24, 2.45) is 29.6 Å². The maximum atomic E-state index is 3.80. The van der Waals surface area contributed by atoms with Crippen LogP contribution in [0.15, 0.2) is 0 Å². The molecule has 0 saturated heterocycles. The van der Waals surface area contributed by atoms with E-state index in [9.17, 15) is 0 Å². The molecule has 0 heterocycles. The van der Waals surface area contributed by atoms with Gasteiger partial charge >= 0.3 is 0 Å². The fraction of sp³-hybridized carbons (Fsp3) is 1.00. The van der Waals surface area contributed by atoms with Crippen molar-refractivity contribution in [3.63, 3.8) is 0 Å². The van der Waals surface area contributed by atoms with Crippen LogP contribution in [0.5, 0.6) is 0 Å². The summed E-state index contributed by atoms with van der Waals surface area (Å²) in [5, 5.41) is 3.80. The van der Waals surface area contributed by atoms with Crippen LogP contribution in [0.3, 0.4) is 0 Å². The average molecular weight is 249 g/mol. The Kier molecular flexibility index (Phi) is 3.98. The van der Waals surface area contributed by atoms with Gasteiger partial charge in [-0.1, -0.05) is 33.1 Å². The molecule has 0 spiro atoms. The Bertz CT molecular complexity index is 265. The van der Waals surface area contributed by atoms with Gasteiger partial charge in [0.05, 0.1) is 0 Å². The van der Waals surface area contributed by atoms with Gasteiger partial charge in [0, 0.05) is 6.04 Å². The quantitative estimate of drug-likeness (QED) is 0.769. The number of hydrogen-bond donors (Lipinski definition) is 1. The Morgan fingerprint density at radius 2 is 1.78 bits per heavy atom. The lowest BCUT2D eigenvalue weighted by molar-refractivity contribution is 0.0598. The van der Waals surface area contributed by atoms with Crippen molar-refractivity contribution < 1.29 is 0 Å². The Morgan fingerprint density at radius 3 is 2.33 bits per heavy atom. The first-order valence-corrected chi connectivity index (χ1v) is 8.47. The SMILES string of the molecule is CC(C)C1CCC(CNC2CC2)C(C2CCC2)C1. The van der Waals surface area contributed by atoms with Gasteiger partial charge < -0.3 is 5.32 Å². The molecule has 0 aromatic rings. The van der Waals surface area contributed by atoms with Crippen LogP contribution in [0.1, 0.15) is 65.2 Å². The third kappa shape index (κ3) is 2.92. The Hall–Kier alpha value is -0.0400. The van der Waals surface area contributed by atoms with Gasteiger partial charge in [0.15, 0.2) is 0 Å². The molecule has 1 N–H and O–H groups in total. The van der Waals surface area contributed by atoms with Crippen LogP contribution in [0.4, 0.5) is 0 Å². The lowest BCUT2D eigenvalue weighted by atomic mass is 9.61. The summed E-state index contributed by atoms with van der Waals surface area (Å²) in [4.78, 5) is 0. The summed E-state index contributed by atoms with van der Waals surface area (Å²) in [7, 11) is 0. The molecule has 3 aliphatic rings. The summed E-state index contributed by atoms with van der Waals surface area (Å²) in [5.41, 5.74) is 0. The highest BCUT2D eigenvalue weighted by atomic mass is 14.9. The van der Waals surface area contributed by atoms with E-state index in [2.05, 4.69) is 19.2 Å². The maximum absolute atomic E-state index is 3.80. The van der Waals surface area contributed by atoms with Crippen LogP contribution in [0.2, 0.25) is 0 Å². The molecule has 0 radical (unpaired) electrons. The van der Waals surface area contributed by atoms with Crippen LogP contribution in [0, 0.1) is 29.6 Å². The second-order valence-corrected chi connectivity index (χ2v) is 7.61. The van der Waals surface area contributed by atoms with Crippen LogP contribution in [-0.2, 0) is 0 Å². The molecule has 3 saturated carbocycles. The van der Waals surface area contributed by atoms with E-state index in [4.69, 9.17) is 0 Å². The normalized spacial score (nSPS) is 37.8. The molecule has 18 heavy (non-hydrogen) atoms. The number of rotatable bonds is 5. The first-order chi connectivity index (χ1) is 8.74. The molecule has 1 heteroatoms. The zero-order valence-electron chi connectivity index (χ0n) is 12.3. The zero-order valence-corrected chi connectivity index (χ0v) is 12.3. The van der Waals surface area contributed by atoms with E-state index < -0.39 is 0 Å². The van der Waals surface area contributed by atoms with Crippen LogP contribution in [0.25, 0.3) is 0 Å². The molecular weight excluding hydrogens is 218 g/mol. The van der Waals surface area contributed by atoms with Crippen molar-refractivity contribution in [3.05, 3.63) is 0 Å². The predicted molar refractivity (Wildman–Crippen MR) is 77.5 cm³/mol. The second-order valence-electron chi connectivity index (χ2n) is 7.61. The highest BCUT2D eigenvalue weighted by Gasteiger charge is 2.38. The monoisotopic (exact) mass is 249 g/mol. The summed E-state index contributed by atoms with van der Waals surface area (Å²) >= 11 is 0. The highest BCUT2D eigenvalue weighted by Crippen LogP contribution is 2.47. The lowest BCUT2D eigenvalue weighted by Crippen LogP contribution is -2.40. The first-order valence-electron chi connectivity index (χ1n) is 8.47. The van der Waals surface area contributed by atoms with E-state index >= 15 is 0 Å². The highest BCUT2D eigenvalue weighted by molar-refractivity contribution is 4.91. The van der Waals surface area contributed by atoms with Gasteiger partial charge in [0.2, 0.25) is 0 Å². The molecule has 0 bridgehead atoms. The predicted octanol–water partition coefficient (Wildman–Crippen LogP) is 4.23. The third-order valence-electron chi connectivity index (χ3n) is 6.03. The van der Waals surface area contributed by atoms with Crippen molar-refractivity contribution in [3.8, 4) is 0 Å². The standard InChI is InChI=1S/C17H31N/c1-12(2)14-6-7-15(11-18-16-8-9-16)17(10-14)13-4-3-5-13/h12-18H,3-11H2,1-2H3. The Balaban J connectivity index is 1.56. The van der Waals surface area contributed by atoms with Gasteiger partial charge in [0.25, 0.3) is 0 Å². The first kappa shape index (κ1) is 13.0. The summed E-state index contributed by atoms with van der Waals surface area (Å²) in [5.74, 6) is 5.09. The summed E-state index contributed by atoms with van der Waals surface area (Å²) < 4.78 is 0. The molecule has 3 unspecified atom stereocenters. The van der Waals surface area contributed by atoms with E-state index in [1.807, 2.05) is 0 Å². The Labute approximate surface area is 113 Å². The van der Waals surface area contributed by atoms with Crippen LogP contribution >= 0.6 is 0 Å². The molecule has 3 fully saturated rings. The van der Waals surface area contributed by atoms with Gasteiger partial charge in [-0.25, -0.2) is 0 Å². The second kappa shape index (κ2) is 5.53. The van der Waals surface area contributed by atoms with Crippen molar-refractivity contribution in [2.75, 3.05) is 6.54 Å². The van der Waals surface area contributed by atoms with Crippen molar-refractivity contribution in [2.45, 2.75) is 71.3 Å². The molecule has 0 aromatic carbocycles. The minimum atomic E-state index is 0.898. The molecule has 3 aliphatic carbocycles. The molecule has 0 aliphatic heterocycles. The van der Waals surface area contributed by atoms with E-state index in [1.165, 1.54) is 51.5 Å². The fourth-order valence-corrected chi connectivity index (χ4v) is 4.21. The summed E-state index contributed by atoms with van der Waals surface area (Å²) in [6.07, 6.45) is 12.0. The van der Waals surface area contributed by atoms with E-state index in [-0.39, 0.29) is 0 Å². The topological polar surface area (TPSA) is 12.0 Å². The van der Waals surface area contributed by atoms with Gasteiger partial charge in [-0.3, -0.25) is 0 Å². The lowest BCUT2D eigenvalue weighted by Gasteiger charge is -2.45. The van der Waals surface area contributed by atoms with Crippen LogP contribution < -0.4 is 5.32 Å². The Morgan fingerprint density at radius 1 is 1.00 bits per heavy atom. The minimum Gasteiger partial charge on any atom is -0.314 e. The van der Waals surface area contributed by atoms with Crippen molar-refractivity contribution in [1.29, 1.82) is 0 Å². The summed E-state index contributed by atoms with van der Waals surface area (Å²) in [6.45, 7) is 6.20. The fourth-order valence-electron chi connectivity index (χ4n) is 4.21. The van der Waals surface area contributed by atoms with Gasteiger partial charge in [-0.05, 0) is 68.2 Å². The minimum absolute atomic E-state index is 0.898. The molecule has 0 amide bonds. The largest absolute Gasteiger partial charge is 0.314 e. The van der Waals surface area contributed by atoms with Gasteiger partial charge in [-0.2, -0.15) is 0 Å².